The molecule has 1 aromatic carbocycles. The molecule has 1 aromatic rings. The van der Waals surface area contributed by atoms with Gasteiger partial charge < -0.3 is 5.11 Å². The minimum Gasteiger partial charge on any atom is -0.507 e. The molecule has 0 bridgehead atoms. The lowest BCUT2D eigenvalue weighted by atomic mass is 10.0. The standard InChI is InChI=1S/C10H14O/c1-4-9-6-7(2)5-8(3)10(9)11/h5-6,11H,4H2,1-3H3. The summed E-state index contributed by atoms with van der Waals surface area (Å²) in [5, 5.41) is 9.52. The van der Waals surface area contributed by atoms with Crippen LogP contribution in [-0.4, -0.2) is 5.11 Å². The average Bonchev–Trinajstić information content (AvgIpc) is 1.96. The zero-order valence-electron chi connectivity index (χ0n) is 7.31. The first-order chi connectivity index (χ1) is 5.15. The molecule has 1 rings (SSSR count). The molecule has 0 spiro atoms. The van der Waals surface area contributed by atoms with Gasteiger partial charge in [0.2, 0.25) is 0 Å². The minimum absolute atomic E-state index is 0.457. The molecule has 0 aliphatic carbocycles. The highest BCUT2D eigenvalue weighted by atomic mass is 16.3. The number of aromatic hydroxyl groups is 1. The van der Waals surface area contributed by atoms with Crippen molar-refractivity contribution in [1.29, 1.82) is 0 Å². The van der Waals surface area contributed by atoms with Gasteiger partial charge in [0.1, 0.15) is 5.75 Å². The number of rotatable bonds is 1. The molecule has 0 saturated carbocycles. The summed E-state index contributed by atoms with van der Waals surface area (Å²) in [5.74, 6) is 0.457. The molecular formula is C10H14O. The number of hydrogen-bond donors (Lipinski definition) is 1. The second-order valence-corrected chi connectivity index (χ2v) is 2.94. The van der Waals surface area contributed by atoms with Gasteiger partial charge in [-0.1, -0.05) is 24.6 Å². The monoisotopic (exact) mass is 150 g/mol. The number of hydrogen-bond acceptors (Lipinski definition) is 1. The van der Waals surface area contributed by atoms with Crippen LogP contribution < -0.4 is 0 Å². The SMILES string of the molecule is CCc1cc(C)cc(C)c1O. The fourth-order valence-corrected chi connectivity index (χ4v) is 1.32. The van der Waals surface area contributed by atoms with Crippen molar-refractivity contribution in [3.05, 3.63) is 28.8 Å². The molecule has 0 atom stereocenters. The molecule has 0 aliphatic heterocycles. The molecule has 11 heavy (non-hydrogen) atoms. The molecule has 1 heteroatoms. The first kappa shape index (κ1) is 8.12. The fraction of sp³-hybridized carbons (Fsp3) is 0.400. The van der Waals surface area contributed by atoms with Gasteiger partial charge in [0, 0.05) is 0 Å². The fourth-order valence-electron chi connectivity index (χ4n) is 1.32. The van der Waals surface area contributed by atoms with Crippen LogP contribution in [0.15, 0.2) is 12.1 Å². The zero-order chi connectivity index (χ0) is 8.43. The van der Waals surface area contributed by atoms with E-state index >= 15 is 0 Å². The van der Waals surface area contributed by atoms with Crippen molar-refractivity contribution in [3.63, 3.8) is 0 Å². The Morgan fingerprint density at radius 2 is 1.91 bits per heavy atom. The molecule has 0 amide bonds. The Morgan fingerprint density at radius 1 is 1.27 bits per heavy atom. The molecule has 0 heterocycles. The Bertz CT molecular complexity index is 264. The van der Waals surface area contributed by atoms with Crippen LogP contribution in [0.25, 0.3) is 0 Å². The summed E-state index contributed by atoms with van der Waals surface area (Å²) in [5.41, 5.74) is 3.24. The maximum absolute atomic E-state index is 9.52. The summed E-state index contributed by atoms with van der Waals surface area (Å²) < 4.78 is 0. The number of benzene rings is 1. The summed E-state index contributed by atoms with van der Waals surface area (Å²) in [4.78, 5) is 0. The van der Waals surface area contributed by atoms with E-state index in [4.69, 9.17) is 0 Å². The quantitative estimate of drug-likeness (QED) is 0.652. The maximum atomic E-state index is 9.52. The first-order valence-electron chi connectivity index (χ1n) is 3.94. The summed E-state index contributed by atoms with van der Waals surface area (Å²) in [7, 11) is 0. The summed E-state index contributed by atoms with van der Waals surface area (Å²) in [6.45, 7) is 6.03. The summed E-state index contributed by atoms with van der Waals surface area (Å²) in [6.07, 6.45) is 0.897. The summed E-state index contributed by atoms with van der Waals surface area (Å²) >= 11 is 0. The molecule has 60 valence electrons. The van der Waals surface area contributed by atoms with Gasteiger partial charge in [-0.15, -0.1) is 0 Å². The van der Waals surface area contributed by atoms with Gasteiger partial charge in [0.25, 0.3) is 0 Å². The van der Waals surface area contributed by atoms with Crippen molar-refractivity contribution in [2.45, 2.75) is 27.2 Å². The average molecular weight is 150 g/mol. The van der Waals surface area contributed by atoms with Gasteiger partial charge in [-0.05, 0) is 31.4 Å². The van der Waals surface area contributed by atoms with Crippen LogP contribution in [0.4, 0.5) is 0 Å². The number of phenols is 1. The topological polar surface area (TPSA) is 20.2 Å². The predicted octanol–water partition coefficient (Wildman–Crippen LogP) is 2.57. The Balaban J connectivity index is 3.24. The van der Waals surface area contributed by atoms with Crippen LogP contribution in [0.5, 0.6) is 5.75 Å². The highest BCUT2D eigenvalue weighted by molar-refractivity contribution is 5.42. The number of phenolic OH excluding ortho intramolecular Hbond substituents is 1. The van der Waals surface area contributed by atoms with Crippen molar-refractivity contribution in [3.8, 4) is 5.75 Å². The minimum atomic E-state index is 0.457. The van der Waals surface area contributed by atoms with Crippen LogP contribution in [-0.2, 0) is 6.42 Å². The van der Waals surface area contributed by atoms with E-state index in [1.165, 1.54) is 5.56 Å². The summed E-state index contributed by atoms with van der Waals surface area (Å²) in [6, 6.07) is 4.02. The van der Waals surface area contributed by atoms with Gasteiger partial charge in [0.15, 0.2) is 0 Å². The molecule has 0 radical (unpaired) electrons. The van der Waals surface area contributed by atoms with Gasteiger partial charge in [0.05, 0.1) is 0 Å². The van der Waals surface area contributed by atoms with E-state index < -0.39 is 0 Å². The van der Waals surface area contributed by atoms with E-state index in [1.807, 2.05) is 32.9 Å². The normalized spacial score (nSPS) is 10.1. The molecular weight excluding hydrogens is 136 g/mol. The van der Waals surface area contributed by atoms with Crippen molar-refractivity contribution < 1.29 is 5.11 Å². The molecule has 0 fully saturated rings. The second kappa shape index (κ2) is 2.95. The molecule has 0 aliphatic rings. The third-order valence-corrected chi connectivity index (χ3v) is 1.90. The lowest BCUT2D eigenvalue weighted by Crippen LogP contribution is -1.86. The van der Waals surface area contributed by atoms with Crippen LogP contribution in [0.3, 0.4) is 0 Å². The highest BCUT2D eigenvalue weighted by Gasteiger charge is 2.02. The van der Waals surface area contributed by atoms with Crippen molar-refractivity contribution in [2.24, 2.45) is 0 Å². The van der Waals surface area contributed by atoms with E-state index in [0.29, 0.717) is 5.75 Å². The Hall–Kier alpha value is -0.980. The van der Waals surface area contributed by atoms with Crippen molar-refractivity contribution in [2.75, 3.05) is 0 Å². The van der Waals surface area contributed by atoms with Crippen LogP contribution >= 0.6 is 0 Å². The molecule has 0 unspecified atom stereocenters. The third-order valence-electron chi connectivity index (χ3n) is 1.90. The maximum Gasteiger partial charge on any atom is 0.121 e. The second-order valence-electron chi connectivity index (χ2n) is 2.94. The lowest BCUT2D eigenvalue weighted by molar-refractivity contribution is 0.464. The van der Waals surface area contributed by atoms with Crippen molar-refractivity contribution >= 4 is 0 Å². The molecule has 0 aromatic heterocycles. The molecule has 0 saturated heterocycles. The van der Waals surface area contributed by atoms with E-state index in [0.717, 1.165) is 17.5 Å². The lowest BCUT2D eigenvalue weighted by Gasteiger charge is -2.05. The van der Waals surface area contributed by atoms with E-state index in [2.05, 4.69) is 0 Å². The molecule has 1 nitrogen and oxygen atoms in total. The largest absolute Gasteiger partial charge is 0.507 e. The van der Waals surface area contributed by atoms with E-state index in [-0.39, 0.29) is 0 Å². The molecule has 1 N–H and O–H groups in total. The first-order valence-corrected chi connectivity index (χ1v) is 3.94. The van der Waals surface area contributed by atoms with E-state index in [1.54, 1.807) is 0 Å². The zero-order valence-corrected chi connectivity index (χ0v) is 7.31. The van der Waals surface area contributed by atoms with Crippen LogP contribution in [0.1, 0.15) is 23.6 Å². The number of aryl methyl sites for hydroxylation is 3. The van der Waals surface area contributed by atoms with Gasteiger partial charge >= 0.3 is 0 Å². The van der Waals surface area contributed by atoms with Crippen molar-refractivity contribution in [1.82, 2.24) is 0 Å². The van der Waals surface area contributed by atoms with Gasteiger partial charge in [-0.25, -0.2) is 0 Å². The Kier molecular flexibility index (Phi) is 2.18. The Morgan fingerprint density at radius 3 is 2.45 bits per heavy atom. The van der Waals surface area contributed by atoms with Crippen LogP contribution in [0.2, 0.25) is 0 Å². The van der Waals surface area contributed by atoms with Gasteiger partial charge in [-0.3, -0.25) is 0 Å². The predicted molar refractivity (Wildman–Crippen MR) is 47.0 cm³/mol. The van der Waals surface area contributed by atoms with Gasteiger partial charge in [-0.2, -0.15) is 0 Å². The van der Waals surface area contributed by atoms with Crippen LogP contribution in [0, 0.1) is 13.8 Å². The highest BCUT2D eigenvalue weighted by Crippen LogP contribution is 2.23. The Labute approximate surface area is 67.7 Å². The van der Waals surface area contributed by atoms with E-state index in [9.17, 15) is 5.11 Å². The third kappa shape index (κ3) is 1.53. The smallest absolute Gasteiger partial charge is 0.121 e.